The number of ether oxygens (including phenoxy) is 1. The molecular formula is C21H19ClF2N2O6S. The summed E-state index contributed by atoms with van der Waals surface area (Å²) < 4.78 is 56.9. The van der Waals surface area contributed by atoms with Gasteiger partial charge in [0.15, 0.2) is 21.5 Å². The molecule has 3 rings (SSSR count). The first-order valence-corrected chi connectivity index (χ1v) is 11.6. The Morgan fingerprint density at radius 1 is 1.09 bits per heavy atom. The molecule has 1 aliphatic carbocycles. The molecule has 2 amide bonds. The summed E-state index contributed by atoms with van der Waals surface area (Å²) in [4.78, 5) is 35.4. The number of sulfone groups is 1. The predicted molar refractivity (Wildman–Crippen MR) is 114 cm³/mol. The van der Waals surface area contributed by atoms with Crippen LogP contribution in [0.1, 0.15) is 23.2 Å². The van der Waals surface area contributed by atoms with E-state index in [1.54, 1.807) is 0 Å². The second-order valence-electron chi connectivity index (χ2n) is 7.36. The van der Waals surface area contributed by atoms with E-state index in [0.29, 0.717) is 0 Å². The molecule has 0 bridgehead atoms. The number of anilines is 1. The third-order valence-electron chi connectivity index (χ3n) is 5.22. The largest absolute Gasteiger partial charge is 0.468 e. The summed E-state index contributed by atoms with van der Waals surface area (Å²) in [6, 6.07) is 6.42. The number of esters is 1. The van der Waals surface area contributed by atoms with Gasteiger partial charge in [0.1, 0.15) is 6.54 Å². The maximum Gasteiger partial charge on any atom is 0.325 e. The molecule has 1 aliphatic rings. The van der Waals surface area contributed by atoms with E-state index in [0.717, 1.165) is 24.3 Å². The normalized spacial score (nSPS) is 17.6. The van der Waals surface area contributed by atoms with Gasteiger partial charge in [-0.3, -0.25) is 14.4 Å². The lowest BCUT2D eigenvalue weighted by molar-refractivity contribution is -0.142. The highest BCUT2D eigenvalue weighted by atomic mass is 35.5. The van der Waals surface area contributed by atoms with E-state index >= 15 is 0 Å². The number of amides is 2. The van der Waals surface area contributed by atoms with Gasteiger partial charge in [0.25, 0.3) is 5.91 Å². The fourth-order valence-electron chi connectivity index (χ4n) is 3.23. The zero-order chi connectivity index (χ0) is 24.3. The van der Waals surface area contributed by atoms with Crippen molar-refractivity contribution < 1.29 is 36.3 Å². The molecule has 0 saturated heterocycles. The number of carbonyl (C=O) groups is 3. The van der Waals surface area contributed by atoms with E-state index in [2.05, 4.69) is 15.4 Å². The fraction of sp³-hybridized carbons (Fsp3) is 0.286. The van der Waals surface area contributed by atoms with Crippen molar-refractivity contribution in [1.29, 1.82) is 0 Å². The van der Waals surface area contributed by atoms with Gasteiger partial charge in [-0.1, -0.05) is 11.6 Å². The molecule has 2 aromatic carbocycles. The van der Waals surface area contributed by atoms with E-state index in [4.69, 9.17) is 11.6 Å². The first-order valence-electron chi connectivity index (χ1n) is 9.67. The number of benzene rings is 2. The average Bonchev–Trinajstić information content (AvgIpc) is 2.73. The Balaban J connectivity index is 1.70. The summed E-state index contributed by atoms with van der Waals surface area (Å²) in [6.45, 7) is -0.315. The van der Waals surface area contributed by atoms with Gasteiger partial charge in [-0.05, 0) is 43.2 Å². The maximum absolute atomic E-state index is 13.4. The van der Waals surface area contributed by atoms with Crippen LogP contribution in [0.4, 0.5) is 14.5 Å². The monoisotopic (exact) mass is 500 g/mol. The van der Waals surface area contributed by atoms with Gasteiger partial charge in [-0.25, -0.2) is 17.2 Å². The molecular weight excluding hydrogens is 482 g/mol. The van der Waals surface area contributed by atoms with Crippen molar-refractivity contribution in [2.75, 3.05) is 19.0 Å². The van der Waals surface area contributed by atoms with Crippen LogP contribution < -0.4 is 10.6 Å². The minimum absolute atomic E-state index is 0.0157. The molecule has 0 aromatic heterocycles. The zero-order valence-corrected chi connectivity index (χ0v) is 18.8. The molecule has 2 N–H and O–H groups in total. The topological polar surface area (TPSA) is 119 Å². The Morgan fingerprint density at radius 2 is 1.79 bits per heavy atom. The number of carbonyl (C=O) groups excluding carboxylic acids is 3. The predicted octanol–water partition coefficient (Wildman–Crippen LogP) is 2.71. The molecule has 0 radical (unpaired) electrons. The molecule has 0 atom stereocenters. The summed E-state index contributed by atoms with van der Waals surface area (Å²) in [5.74, 6) is -4.65. The Kier molecular flexibility index (Phi) is 7.33. The van der Waals surface area contributed by atoms with E-state index in [1.807, 2.05) is 0 Å². The highest BCUT2D eigenvalue weighted by molar-refractivity contribution is 7.92. The molecule has 12 heteroatoms. The van der Waals surface area contributed by atoms with Crippen LogP contribution in [0.15, 0.2) is 41.3 Å². The molecule has 0 spiro atoms. The first-order chi connectivity index (χ1) is 15.5. The Morgan fingerprint density at radius 3 is 2.42 bits per heavy atom. The van der Waals surface area contributed by atoms with Crippen molar-refractivity contribution in [2.45, 2.75) is 23.0 Å². The molecule has 1 fully saturated rings. The number of methoxy groups -OCH3 is 1. The molecule has 0 aliphatic heterocycles. The van der Waals surface area contributed by atoms with Gasteiger partial charge >= 0.3 is 5.97 Å². The van der Waals surface area contributed by atoms with Gasteiger partial charge in [-0.15, -0.1) is 0 Å². The second kappa shape index (κ2) is 9.84. The number of halogens is 3. The highest BCUT2D eigenvalue weighted by Crippen LogP contribution is 2.38. The Hall–Kier alpha value is -3.05. The molecule has 176 valence electrons. The van der Waals surface area contributed by atoms with Crippen LogP contribution in [0.25, 0.3) is 0 Å². The first kappa shape index (κ1) is 24.6. The average molecular weight is 501 g/mol. The molecule has 0 unspecified atom stereocenters. The fourth-order valence-corrected chi connectivity index (χ4v) is 5.63. The van der Waals surface area contributed by atoms with E-state index < -0.39 is 50.4 Å². The Bertz CT molecular complexity index is 1220. The van der Waals surface area contributed by atoms with Crippen molar-refractivity contribution in [3.8, 4) is 0 Å². The van der Waals surface area contributed by atoms with E-state index in [9.17, 15) is 31.6 Å². The summed E-state index contributed by atoms with van der Waals surface area (Å²) in [5, 5.41) is 3.74. The van der Waals surface area contributed by atoms with Crippen LogP contribution in [0.3, 0.4) is 0 Å². The minimum atomic E-state index is -3.97. The molecule has 2 aromatic rings. The van der Waals surface area contributed by atoms with Crippen LogP contribution in [-0.2, 0) is 24.2 Å². The summed E-state index contributed by atoms with van der Waals surface area (Å²) in [6.07, 6.45) is 0.0495. The number of nitrogens with one attached hydrogen (secondary N) is 2. The van der Waals surface area contributed by atoms with Crippen molar-refractivity contribution in [3.05, 3.63) is 58.6 Å². The van der Waals surface area contributed by atoms with Crippen LogP contribution in [-0.4, -0.2) is 45.1 Å². The maximum atomic E-state index is 13.4. The van der Waals surface area contributed by atoms with Crippen molar-refractivity contribution in [3.63, 3.8) is 0 Å². The van der Waals surface area contributed by atoms with Gasteiger partial charge in [-0.2, -0.15) is 0 Å². The lowest BCUT2D eigenvalue weighted by atomic mass is 9.84. The van der Waals surface area contributed by atoms with E-state index in [-0.39, 0.29) is 40.6 Å². The number of rotatable bonds is 7. The third-order valence-corrected chi connectivity index (χ3v) is 7.87. The van der Waals surface area contributed by atoms with Crippen molar-refractivity contribution >= 4 is 44.9 Å². The van der Waals surface area contributed by atoms with Gasteiger partial charge in [0, 0.05) is 23.2 Å². The standard InChI is InChI=1S/C21H19ClF2N2O6S/c1-32-19(27)10-25-20(28)12-6-14(7-12)33(30,31)18-8-11(2-4-15(18)22)21(29)26-13-3-5-16(23)17(24)9-13/h2-5,8-9,12,14H,6-7,10H2,1H3,(H,25,28)(H,26,29)/t12-,14-. The van der Waals surface area contributed by atoms with Gasteiger partial charge in [0.05, 0.1) is 22.3 Å². The van der Waals surface area contributed by atoms with Crippen LogP contribution in [0, 0.1) is 17.6 Å². The SMILES string of the molecule is COC(=O)CNC(=O)[C@H]1C[C@H](S(=O)(=O)c2cc(C(=O)Nc3ccc(F)c(F)c3)ccc2Cl)C1. The van der Waals surface area contributed by atoms with Gasteiger partial charge in [0.2, 0.25) is 5.91 Å². The van der Waals surface area contributed by atoms with Crippen LogP contribution in [0.5, 0.6) is 0 Å². The lowest BCUT2D eigenvalue weighted by Crippen LogP contribution is -2.45. The zero-order valence-electron chi connectivity index (χ0n) is 17.2. The molecule has 0 heterocycles. The molecule has 8 nitrogen and oxygen atoms in total. The second-order valence-corrected chi connectivity index (χ2v) is 9.96. The minimum Gasteiger partial charge on any atom is -0.468 e. The Labute approximate surface area is 193 Å². The molecule has 33 heavy (non-hydrogen) atoms. The summed E-state index contributed by atoms with van der Waals surface area (Å²) >= 11 is 6.08. The number of hydrogen-bond acceptors (Lipinski definition) is 6. The molecule has 1 saturated carbocycles. The quantitative estimate of drug-likeness (QED) is 0.564. The van der Waals surface area contributed by atoms with E-state index in [1.165, 1.54) is 19.2 Å². The highest BCUT2D eigenvalue weighted by Gasteiger charge is 2.43. The summed E-state index contributed by atoms with van der Waals surface area (Å²) in [5.41, 5.74) is -0.0764. The summed E-state index contributed by atoms with van der Waals surface area (Å²) in [7, 11) is -2.79. The number of hydrogen-bond donors (Lipinski definition) is 2. The van der Waals surface area contributed by atoms with Crippen LogP contribution >= 0.6 is 11.6 Å². The van der Waals surface area contributed by atoms with Crippen molar-refractivity contribution in [1.82, 2.24) is 5.32 Å². The van der Waals surface area contributed by atoms with Gasteiger partial charge < -0.3 is 15.4 Å². The lowest BCUT2D eigenvalue weighted by Gasteiger charge is -2.33. The van der Waals surface area contributed by atoms with Crippen molar-refractivity contribution in [2.24, 2.45) is 5.92 Å². The smallest absolute Gasteiger partial charge is 0.325 e. The van der Waals surface area contributed by atoms with Crippen LogP contribution in [0.2, 0.25) is 5.02 Å². The third kappa shape index (κ3) is 5.48.